The molecule has 0 amide bonds. The highest BCUT2D eigenvalue weighted by molar-refractivity contribution is 9.11. The normalized spacial score (nSPS) is 12.4. The Morgan fingerprint density at radius 3 is 2.33 bits per heavy atom. The first-order chi connectivity index (χ1) is 11.3. The molecule has 0 aromatic heterocycles. The number of hydrogen-bond donors (Lipinski definition) is 3. The van der Waals surface area contributed by atoms with Gasteiger partial charge in [-0.25, -0.2) is 4.79 Å². The Labute approximate surface area is 146 Å². The summed E-state index contributed by atoms with van der Waals surface area (Å²) in [6.45, 7) is 1.24. The molecule has 3 N–H and O–H groups in total. The van der Waals surface area contributed by atoms with E-state index in [4.69, 9.17) is 4.74 Å². The topological polar surface area (TPSA) is 62.4 Å². The number of alkyl halides is 3. The number of carbonyl (C=O) groups excluding carboxylic acids is 1. The molecule has 0 spiro atoms. The number of rotatable bonds is 8. The third kappa shape index (κ3) is 6.40. The fraction of sp³-hybridized carbons (Fsp3) is 0.400. The van der Waals surface area contributed by atoms with Gasteiger partial charge in [-0.3, -0.25) is 0 Å². The molecule has 0 saturated heterocycles. The van der Waals surface area contributed by atoms with E-state index in [1.807, 2.05) is 0 Å². The molecule has 0 saturated carbocycles. The van der Waals surface area contributed by atoms with Gasteiger partial charge in [0.15, 0.2) is 0 Å². The monoisotopic (exact) mass is 409 g/mol. The largest absolute Gasteiger partial charge is 0.464 e. The molecule has 0 bridgehead atoms. The van der Waals surface area contributed by atoms with Gasteiger partial charge in [-0.1, -0.05) is 15.9 Å². The first-order valence-electron chi connectivity index (χ1n) is 7.06. The molecular formula is C15H19BrF3N3O2. The van der Waals surface area contributed by atoms with Crippen molar-refractivity contribution in [3.63, 3.8) is 0 Å². The third-order valence-corrected chi connectivity index (χ3v) is 3.64. The molecule has 0 aliphatic rings. The summed E-state index contributed by atoms with van der Waals surface area (Å²) < 4.78 is 42.7. The molecule has 1 rings (SSSR count). The van der Waals surface area contributed by atoms with E-state index in [0.29, 0.717) is 35.5 Å². The fourth-order valence-electron chi connectivity index (χ4n) is 1.80. The van der Waals surface area contributed by atoms with Crippen molar-refractivity contribution in [2.75, 3.05) is 39.1 Å². The summed E-state index contributed by atoms with van der Waals surface area (Å²) in [5, 5.41) is 8.81. The van der Waals surface area contributed by atoms with Gasteiger partial charge in [-0.2, -0.15) is 13.2 Å². The van der Waals surface area contributed by atoms with Crippen LogP contribution in [0.25, 0.3) is 0 Å². The lowest BCUT2D eigenvalue weighted by Gasteiger charge is -2.13. The number of benzene rings is 1. The van der Waals surface area contributed by atoms with Crippen LogP contribution in [0.1, 0.15) is 5.56 Å². The lowest BCUT2D eigenvalue weighted by molar-refractivity contribution is -0.138. The number of likely N-dealkylation sites (N-methyl/N-ethyl adjacent to an activating group) is 1. The second kappa shape index (κ2) is 9.53. The van der Waals surface area contributed by atoms with Crippen molar-refractivity contribution in [1.29, 1.82) is 0 Å². The number of methoxy groups -OCH3 is 1. The lowest BCUT2D eigenvalue weighted by Crippen LogP contribution is -2.29. The van der Waals surface area contributed by atoms with Crippen LogP contribution in [0.5, 0.6) is 0 Å². The number of anilines is 1. The number of esters is 1. The molecule has 0 aliphatic carbocycles. The van der Waals surface area contributed by atoms with Crippen LogP contribution < -0.4 is 16.0 Å². The van der Waals surface area contributed by atoms with Gasteiger partial charge in [-0.05, 0) is 31.3 Å². The summed E-state index contributed by atoms with van der Waals surface area (Å²) >= 11 is 3.30. The van der Waals surface area contributed by atoms with E-state index in [9.17, 15) is 18.0 Å². The van der Waals surface area contributed by atoms with E-state index >= 15 is 0 Å². The van der Waals surface area contributed by atoms with Crippen LogP contribution in [0.2, 0.25) is 0 Å². The van der Waals surface area contributed by atoms with Crippen molar-refractivity contribution >= 4 is 27.6 Å². The van der Waals surface area contributed by atoms with Crippen molar-refractivity contribution in [3.05, 3.63) is 40.0 Å². The zero-order valence-electron chi connectivity index (χ0n) is 13.3. The van der Waals surface area contributed by atoms with Gasteiger partial charge in [0.2, 0.25) is 0 Å². The molecule has 0 radical (unpaired) electrons. The van der Waals surface area contributed by atoms with Crippen LogP contribution in [0.3, 0.4) is 0 Å². The summed E-state index contributed by atoms with van der Waals surface area (Å²) in [6, 6.07) is 4.74. The Morgan fingerprint density at radius 2 is 1.83 bits per heavy atom. The van der Waals surface area contributed by atoms with Gasteiger partial charge in [0.05, 0.1) is 12.7 Å². The van der Waals surface area contributed by atoms with Gasteiger partial charge in [0, 0.05) is 29.8 Å². The lowest BCUT2D eigenvalue weighted by atomic mass is 10.2. The van der Waals surface area contributed by atoms with Crippen molar-refractivity contribution < 1.29 is 22.7 Å². The van der Waals surface area contributed by atoms with Crippen LogP contribution in [0.4, 0.5) is 18.9 Å². The zero-order valence-corrected chi connectivity index (χ0v) is 14.8. The van der Waals surface area contributed by atoms with Gasteiger partial charge in [0.1, 0.15) is 5.70 Å². The number of ether oxygens (including phenoxy) is 1. The van der Waals surface area contributed by atoms with Crippen LogP contribution in [0, 0.1) is 0 Å². The number of hydrogen-bond acceptors (Lipinski definition) is 5. The molecule has 0 fully saturated rings. The molecule has 0 atom stereocenters. The van der Waals surface area contributed by atoms with Gasteiger partial charge in [0.25, 0.3) is 0 Å². The van der Waals surface area contributed by atoms with Gasteiger partial charge < -0.3 is 20.7 Å². The standard InChI is InChI=1S/C15H19BrF3N3O2/c1-20-9-12(16)13(14(23)24-2)22-8-7-21-11-5-3-10(4-6-11)15(17,18)19/h3-6,20-22H,7-9H2,1-2H3/b13-12+. The van der Waals surface area contributed by atoms with Gasteiger partial charge >= 0.3 is 12.1 Å². The second-order valence-electron chi connectivity index (χ2n) is 4.73. The van der Waals surface area contributed by atoms with E-state index in [-0.39, 0.29) is 0 Å². The van der Waals surface area contributed by atoms with Crippen molar-refractivity contribution in [3.8, 4) is 0 Å². The zero-order chi connectivity index (χ0) is 18.2. The highest BCUT2D eigenvalue weighted by Gasteiger charge is 2.29. The molecule has 9 heteroatoms. The maximum Gasteiger partial charge on any atom is 0.416 e. The molecule has 5 nitrogen and oxygen atoms in total. The van der Waals surface area contributed by atoms with E-state index < -0.39 is 17.7 Å². The Kier molecular flexibility index (Phi) is 8.06. The molecule has 134 valence electrons. The van der Waals surface area contributed by atoms with Crippen LogP contribution >= 0.6 is 15.9 Å². The smallest absolute Gasteiger partial charge is 0.416 e. The third-order valence-electron chi connectivity index (χ3n) is 2.96. The molecule has 1 aromatic rings. The predicted molar refractivity (Wildman–Crippen MR) is 89.8 cm³/mol. The molecule has 0 unspecified atom stereocenters. The first-order valence-corrected chi connectivity index (χ1v) is 7.85. The fourth-order valence-corrected chi connectivity index (χ4v) is 2.38. The molecule has 1 aromatic carbocycles. The minimum absolute atomic E-state index is 0.293. The summed E-state index contributed by atoms with van der Waals surface area (Å²) in [5.41, 5.74) is 0.154. The highest BCUT2D eigenvalue weighted by Crippen LogP contribution is 2.29. The molecule has 0 aliphatic heterocycles. The summed E-state index contributed by atoms with van der Waals surface area (Å²) in [4.78, 5) is 11.7. The quantitative estimate of drug-likeness (QED) is 0.350. The van der Waals surface area contributed by atoms with Crippen molar-refractivity contribution in [2.45, 2.75) is 6.18 Å². The highest BCUT2D eigenvalue weighted by atomic mass is 79.9. The van der Waals surface area contributed by atoms with Crippen LogP contribution in [0.15, 0.2) is 34.4 Å². The van der Waals surface area contributed by atoms with E-state index in [0.717, 1.165) is 12.1 Å². The second-order valence-corrected chi connectivity index (χ2v) is 5.69. The average Bonchev–Trinajstić information content (AvgIpc) is 2.54. The minimum Gasteiger partial charge on any atom is -0.464 e. The van der Waals surface area contributed by atoms with Gasteiger partial charge in [-0.15, -0.1) is 0 Å². The SMILES string of the molecule is CNC/C(Br)=C(\NCCNc1ccc(C(F)(F)F)cc1)C(=O)OC. The Morgan fingerprint density at radius 1 is 1.21 bits per heavy atom. The minimum atomic E-state index is -4.35. The number of carbonyl (C=O) groups is 1. The maximum atomic E-state index is 12.5. The summed E-state index contributed by atoms with van der Waals surface area (Å²) in [7, 11) is 3.02. The maximum absolute atomic E-state index is 12.5. The summed E-state index contributed by atoms with van der Waals surface area (Å²) in [5.74, 6) is -0.508. The molecule has 0 heterocycles. The average molecular weight is 410 g/mol. The van der Waals surface area contributed by atoms with Crippen LogP contribution in [-0.4, -0.2) is 39.8 Å². The van der Waals surface area contributed by atoms with Crippen LogP contribution in [-0.2, 0) is 15.7 Å². The molecular weight excluding hydrogens is 391 g/mol. The Bertz CT molecular complexity index is 574. The Hall–Kier alpha value is -1.74. The van der Waals surface area contributed by atoms with E-state index in [2.05, 4.69) is 31.9 Å². The summed E-state index contributed by atoms with van der Waals surface area (Å²) in [6.07, 6.45) is -4.35. The number of halogens is 4. The number of nitrogens with one attached hydrogen (secondary N) is 3. The van der Waals surface area contributed by atoms with Crippen molar-refractivity contribution in [2.24, 2.45) is 0 Å². The molecule has 24 heavy (non-hydrogen) atoms. The first kappa shape index (κ1) is 20.3. The Balaban J connectivity index is 2.54. The predicted octanol–water partition coefficient (Wildman–Crippen LogP) is 2.71. The van der Waals surface area contributed by atoms with E-state index in [1.165, 1.54) is 19.2 Å². The van der Waals surface area contributed by atoms with Crippen molar-refractivity contribution in [1.82, 2.24) is 10.6 Å². The van der Waals surface area contributed by atoms with E-state index in [1.54, 1.807) is 7.05 Å².